The topological polar surface area (TPSA) is 0 Å². The fourth-order valence-corrected chi connectivity index (χ4v) is 7.77. The Bertz CT molecular complexity index is 1110. The molecule has 3 aromatic carbocycles. The summed E-state index contributed by atoms with van der Waals surface area (Å²) in [6, 6.07) is 19.8. The van der Waals surface area contributed by atoms with E-state index >= 15 is 0 Å². The smallest absolute Gasteiger partial charge is 0.0445 e. The zero-order valence-corrected chi connectivity index (χ0v) is 15.3. The van der Waals surface area contributed by atoms with E-state index in [1.807, 2.05) is 17.4 Å². The third-order valence-corrected chi connectivity index (χ3v) is 9.14. The van der Waals surface area contributed by atoms with E-state index in [0.717, 1.165) is 5.02 Å². The molecule has 4 aromatic rings. The van der Waals surface area contributed by atoms with Crippen molar-refractivity contribution < 1.29 is 0 Å². The zero-order valence-electron chi connectivity index (χ0n) is 12.9. The molecule has 0 amide bonds. The zero-order chi connectivity index (χ0) is 15.8. The first-order chi connectivity index (χ1) is 11.1. The highest BCUT2D eigenvalue weighted by Crippen LogP contribution is 2.69. The van der Waals surface area contributed by atoms with E-state index in [4.69, 9.17) is 11.6 Å². The lowest BCUT2D eigenvalue weighted by atomic mass is 10.0. The van der Waals surface area contributed by atoms with E-state index in [0.29, 0.717) is 0 Å². The molecule has 114 valence electrons. The molecule has 0 radical (unpaired) electrons. The molecule has 0 saturated carbocycles. The van der Waals surface area contributed by atoms with Crippen LogP contribution in [0, 0.1) is 0 Å². The molecule has 3 heteroatoms. The van der Waals surface area contributed by atoms with Crippen LogP contribution in [0.3, 0.4) is 0 Å². The summed E-state index contributed by atoms with van der Waals surface area (Å²) in [6.07, 6.45) is 4.76. The summed E-state index contributed by atoms with van der Waals surface area (Å²) >= 11 is 8.21. The number of thiophene rings is 1. The maximum absolute atomic E-state index is 6.29. The maximum atomic E-state index is 6.29. The Morgan fingerprint density at radius 2 is 1.70 bits per heavy atom. The Morgan fingerprint density at radius 3 is 2.57 bits per heavy atom. The average Bonchev–Trinajstić information content (AvgIpc) is 3.02. The fraction of sp³-hybridized carbons (Fsp3) is 0.100. The number of fused-ring (bicyclic) bond motifs is 7. The lowest BCUT2D eigenvalue weighted by Gasteiger charge is -2.28. The highest BCUT2D eigenvalue weighted by atomic mass is 35.5. The minimum atomic E-state index is -0.994. The van der Waals surface area contributed by atoms with Gasteiger partial charge in [0.05, 0.1) is 0 Å². The monoisotopic (exact) mass is 354 g/mol. The van der Waals surface area contributed by atoms with Gasteiger partial charge in [0, 0.05) is 40.5 Å². The lowest BCUT2D eigenvalue weighted by molar-refractivity contribution is 1.47. The largest absolute Gasteiger partial charge is 0.192 e. The van der Waals surface area contributed by atoms with E-state index in [1.54, 1.807) is 0 Å². The molecule has 1 aromatic heterocycles. The van der Waals surface area contributed by atoms with Crippen molar-refractivity contribution in [3.05, 3.63) is 59.6 Å². The summed E-state index contributed by atoms with van der Waals surface area (Å²) in [5, 5.41) is 3.58. The molecule has 0 atom stereocenters. The van der Waals surface area contributed by atoms with Gasteiger partial charge in [0.25, 0.3) is 0 Å². The summed E-state index contributed by atoms with van der Waals surface area (Å²) in [6.45, 7) is 0. The van der Waals surface area contributed by atoms with Crippen LogP contribution in [0.4, 0.5) is 0 Å². The molecule has 0 unspecified atom stereocenters. The first-order valence-electron chi connectivity index (χ1n) is 7.55. The maximum Gasteiger partial charge on any atom is 0.0445 e. The molecule has 0 bridgehead atoms. The highest BCUT2D eigenvalue weighted by molar-refractivity contribution is 8.33. The predicted molar refractivity (Wildman–Crippen MR) is 106 cm³/mol. The Hall–Kier alpha value is -1.48. The third kappa shape index (κ3) is 1.74. The standard InChI is InChI=1S/C20H15ClS2/c1-23(2)17-10-9-14-13-5-3-4-6-16(13)22-20(14)19(17)15-8-7-12(21)11-18(15)23/h3-11H,1-2H3. The Morgan fingerprint density at radius 1 is 0.870 bits per heavy atom. The van der Waals surface area contributed by atoms with Crippen molar-refractivity contribution in [1.82, 2.24) is 0 Å². The predicted octanol–water partition coefficient (Wildman–Crippen LogP) is 7.17. The molecule has 0 aliphatic carbocycles. The highest BCUT2D eigenvalue weighted by Gasteiger charge is 2.33. The van der Waals surface area contributed by atoms with Gasteiger partial charge in [0.2, 0.25) is 0 Å². The van der Waals surface area contributed by atoms with Gasteiger partial charge in [-0.2, -0.15) is 10.0 Å². The summed E-state index contributed by atoms with van der Waals surface area (Å²) in [5.41, 5.74) is 2.82. The van der Waals surface area contributed by atoms with Crippen LogP contribution in [0.15, 0.2) is 64.4 Å². The lowest BCUT2D eigenvalue weighted by Crippen LogP contribution is -1.92. The Balaban J connectivity index is 1.99. The number of hydrogen-bond acceptors (Lipinski definition) is 1. The van der Waals surface area contributed by atoms with Crippen LogP contribution in [0.25, 0.3) is 31.3 Å². The second kappa shape index (κ2) is 4.54. The second-order valence-electron chi connectivity index (χ2n) is 6.38. The average molecular weight is 355 g/mol. The van der Waals surface area contributed by atoms with Crippen LogP contribution in [0.1, 0.15) is 0 Å². The van der Waals surface area contributed by atoms with Crippen LogP contribution >= 0.6 is 33.0 Å². The van der Waals surface area contributed by atoms with Crippen molar-refractivity contribution in [1.29, 1.82) is 0 Å². The summed E-state index contributed by atoms with van der Waals surface area (Å²) in [5.74, 6) is 0. The van der Waals surface area contributed by atoms with Crippen LogP contribution in [0.5, 0.6) is 0 Å². The van der Waals surface area contributed by atoms with Gasteiger partial charge in [0.15, 0.2) is 0 Å². The Kier molecular flexibility index (Phi) is 2.74. The molecule has 0 saturated heterocycles. The van der Waals surface area contributed by atoms with Crippen LogP contribution in [0.2, 0.25) is 5.02 Å². The molecular weight excluding hydrogens is 340 g/mol. The second-order valence-corrected chi connectivity index (χ2v) is 11.4. The van der Waals surface area contributed by atoms with Crippen LogP contribution < -0.4 is 0 Å². The van der Waals surface area contributed by atoms with E-state index in [1.165, 1.54) is 41.1 Å². The first kappa shape index (κ1) is 13.9. The number of rotatable bonds is 0. The minimum absolute atomic E-state index is 0.838. The molecule has 1 aliphatic heterocycles. The molecule has 2 heterocycles. The van der Waals surface area contributed by atoms with E-state index in [9.17, 15) is 0 Å². The molecule has 0 nitrogen and oxygen atoms in total. The molecule has 0 fully saturated rings. The van der Waals surface area contributed by atoms with Crippen LogP contribution in [-0.2, 0) is 0 Å². The summed E-state index contributed by atoms with van der Waals surface area (Å²) < 4.78 is 2.79. The molecule has 5 rings (SSSR count). The molecule has 0 spiro atoms. The molecule has 1 aliphatic rings. The normalized spacial score (nSPS) is 16.5. The van der Waals surface area contributed by atoms with Gasteiger partial charge in [-0.15, -0.1) is 11.3 Å². The first-order valence-corrected chi connectivity index (χ1v) is 11.2. The van der Waals surface area contributed by atoms with Crippen molar-refractivity contribution in [2.75, 3.05) is 12.5 Å². The minimum Gasteiger partial charge on any atom is -0.192 e. The summed E-state index contributed by atoms with van der Waals surface area (Å²) in [7, 11) is -0.994. The summed E-state index contributed by atoms with van der Waals surface area (Å²) in [4.78, 5) is 2.92. The molecule has 0 N–H and O–H groups in total. The molecule has 23 heavy (non-hydrogen) atoms. The number of hydrogen-bond donors (Lipinski definition) is 0. The van der Waals surface area contributed by atoms with Crippen molar-refractivity contribution in [3.8, 4) is 11.1 Å². The van der Waals surface area contributed by atoms with Gasteiger partial charge in [-0.1, -0.05) is 41.9 Å². The molecular formula is C20H15ClS2. The fourth-order valence-electron chi connectivity index (χ4n) is 3.69. The van der Waals surface area contributed by atoms with E-state index < -0.39 is 10.0 Å². The number of halogens is 1. The van der Waals surface area contributed by atoms with Gasteiger partial charge < -0.3 is 0 Å². The van der Waals surface area contributed by atoms with E-state index in [2.05, 4.69) is 61.0 Å². The van der Waals surface area contributed by atoms with Gasteiger partial charge in [-0.05, 0) is 42.3 Å². The quantitative estimate of drug-likeness (QED) is 0.314. The third-order valence-electron chi connectivity index (χ3n) is 4.82. The van der Waals surface area contributed by atoms with Crippen molar-refractivity contribution in [2.24, 2.45) is 0 Å². The Labute approximate surface area is 146 Å². The van der Waals surface area contributed by atoms with Crippen molar-refractivity contribution in [2.45, 2.75) is 9.79 Å². The van der Waals surface area contributed by atoms with Crippen molar-refractivity contribution >= 4 is 53.1 Å². The van der Waals surface area contributed by atoms with Gasteiger partial charge in [-0.25, -0.2) is 0 Å². The SMILES string of the molecule is CS1(C)c2cc(Cl)ccc2-c2c1ccc1c2sc2ccccc21. The van der Waals surface area contributed by atoms with Crippen molar-refractivity contribution in [3.63, 3.8) is 0 Å². The van der Waals surface area contributed by atoms with Gasteiger partial charge in [-0.3, -0.25) is 0 Å². The van der Waals surface area contributed by atoms with E-state index in [-0.39, 0.29) is 0 Å². The number of benzene rings is 3. The van der Waals surface area contributed by atoms with Gasteiger partial charge in [0.1, 0.15) is 0 Å². The van der Waals surface area contributed by atoms with Gasteiger partial charge >= 0.3 is 0 Å². The van der Waals surface area contributed by atoms with Crippen LogP contribution in [-0.4, -0.2) is 12.5 Å².